The number of rotatable bonds is 9. The molecule has 0 unspecified atom stereocenters. The SMILES string of the molecule is CCN(Cc1ccc(Cl)cc1)S(=O)(=O)c1ccc(OC)cc1/N=N/c1c(C)nn(-c2ccccc2)c1N. The first-order valence-electron chi connectivity index (χ1n) is 11.5. The van der Waals surface area contributed by atoms with E-state index in [4.69, 9.17) is 22.1 Å². The quantitative estimate of drug-likeness (QED) is 0.260. The number of nitrogens with two attached hydrogens (primary N) is 1. The first-order chi connectivity index (χ1) is 17.7. The zero-order valence-corrected chi connectivity index (χ0v) is 22.2. The van der Waals surface area contributed by atoms with Gasteiger partial charge in [-0.1, -0.05) is 48.9 Å². The van der Waals surface area contributed by atoms with Crippen LogP contribution in [-0.2, 0) is 16.6 Å². The van der Waals surface area contributed by atoms with Gasteiger partial charge < -0.3 is 10.5 Å². The summed E-state index contributed by atoms with van der Waals surface area (Å²) in [6.07, 6.45) is 0. The van der Waals surface area contributed by atoms with Gasteiger partial charge in [-0.05, 0) is 48.9 Å². The van der Waals surface area contributed by atoms with E-state index >= 15 is 0 Å². The summed E-state index contributed by atoms with van der Waals surface area (Å²) in [5.41, 5.74) is 8.94. The van der Waals surface area contributed by atoms with Gasteiger partial charge in [0.25, 0.3) is 0 Å². The number of sulfonamides is 1. The number of anilines is 1. The second-order valence-electron chi connectivity index (χ2n) is 8.16. The molecule has 0 radical (unpaired) electrons. The van der Waals surface area contributed by atoms with Crippen molar-refractivity contribution in [3.63, 3.8) is 0 Å². The summed E-state index contributed by atoms with van der Waals surface area (Å²) in [6.45, 7) is 3.97. The summed E-state index contributed by atoms with van der Waals surface area (Å²) < 4.78 is 35.7. The number of azo groups is 1. The Morgan fingerprint density at radius 2 is 1.76 bits per heavy atom. The minimum Gasteiger partial charge on any atom is -0.497 e. The first-order valence-corrected chi connectivity index (χ1v) is 13.3. The van der Waals surface area contributed by atoms with Gasteiger partial charge in [-0.2, -0.15) is 9.40 Å². The average Bonchev–Trinajstić information content (AvgIpc) is 3.19. The van der Waals surface area contributed by atoms with E-state index < -0.39 is 10.0 Å². The average molecular weight is 539 g/mol. The minimum absolute atomic E-state index is 0.000427. The van der Waals surface area contributed by atoms with E-state index in [0.717, 1.165) is 11.3 Å². The standard InChI is InChI=1S/C26H27ClN6O3S/c1-4-32(17-19-10-12-20(27)13-11-19)37(34,35)24-15-14-22(36-3)16-23(24)29-30-25-18(2)31-33(26(25)28)21-8-6-5-7-9-21/h5-16H,4,17,28H2,1-3H3/b30-29+. The van der Waals surface area contributed by atoms with Crippen LogP contribution >= 0.6 is 11.6 Å². The molecule has 4 aromatic rings. The van der Waals surface area contributed by atoms with Crippen molar-refractivity contribution in [1.82, 2.24) is 14.1 Å². The lowest BCUT2D eigenvalue weighted by Gasteiger charge is -2.21. The molecule has 37 heavy (non-hydrogen) atoms. The fraction of sp³-hybridized carbons (Fsp3) is 0.192. The Morgan fingerprint density at radius 3 is 2.41 bits per heavy atom. The zero-order chi connectivity index (χ0) is 26.6. The van der Waals surface area contributed by atoms with Crippen molar-refractivity contribution in [3.8, 4) is 11.4 Å². The number of hydrogen-bond acceptors (Lipinski definition) is 7. The maximum absolute atomic E-state index is 13.7. The number of nitrogen functional groups attached to an aromatic ring is 1. The molecule has 0 spiro atoms. The number of ether oxygens (including phenoxy) is 1. The summed E-state index contributed by atoms with van der Waals surface area (Å²) in [7, 11) is -2.44. The summed E-state index contributed by atoms with van der Waals surface area (Å²) in [5.74, 6) is 0.732. The van der Waals surface area contributed by atoms with E-state index in [1.165, 1.54) is 23.5 Å². The lowest BCUT2D eigenvalue weighted by Crippen LogP contribution is -2.30. The Labute approximate surface area is 221 Å². The summed E-state index contributed by atoms with van der Waals surface area (Å²) in [6, 6.07) is 21.0. The molecule has 3 aromatic carbocycles. The van der Waals surface area contributed by atoms with Gasteiger partial charge in [-0.3, -0.25) is 0 Å². The second kappa shape index (κ2) is 11.1. The number of aromatic nitrogens is 2. The lowest BCUT2D eigenvalue weighted by atomic mass is 10.2. The van der Waals surface area contributed by atoms with Gasteiger partial charge in [-0.15, -0.1) is 10.2 Å². The highest BCUT2D eigenvalue weighted by Gasteiger charge is 2.27. The largest absolute Gasteiger partial charge is 0.497 e. The molecule has 0 saturated heterocycles. The van der Waals surface area contributed by atoms with Crippen molar-refractivity contribution in [1.29, 1.82) is 0 Å². The highest BCUT2D eigenvalue weighted by atomic mass is 35.5. The van der Waals surface area contributed by atoms with Crippen molar-refractivity contribution < 1.29 is 13.2 Å². The van der Waals surface area contributed by atoms with Crippen LogP contribution in [0.4, 0.5) is 17.2 Å². The van der Waals surface area contributed by atoms with E-state index in [1.807, 2.05) is 30.3 Å². The highest BCUT2D eigenvalue weighted by Crippen LogP contribution is 2.35. The number of hydrogen-bond donors (Lipinski definition) is 1. The minimum atomic E-state index is -3.94. The molecule has 1 heterocycles. The molecule has 192 valence electrons. The van der Waals surface area contributed by atoms with Gasteiger partial charge >= 0.3 is 0 Å². The van der Waals surface area contributed by atoms with Crippen molar-refractivity contribution in [2.24, 2.45) is 10.2 Å². The summed E-state index contributed by atoms with van der Waals surface area (Å²) >= 11 is 5.98. The Bertz CT molecular complexity index is 1520. The number of benzene rings is 3. The molecule has 0 bridgehead atoms. The Hall–Kier alpha value is -3.73. The molecular formula is C26H27ClN6O3S. The molecule has 0 amide bonds. The predicted octanol–water partition coefficient (Wildman–Crippen LogP) is 6.05. The Balaban J connectivity index is 1.72. The van der Waals surface area contributed by atoms with E-state index in [2.05, 4.69) is 15.3 Å². The lowest BCUT2D eigenvalue weighted by molar-refractivity contribution is 0.413. The Kier molecular flexibility index (Phi) is 7.91. The number of nitrogens with zero attached hydrogens (tertiary/aromatic N) is 5. The third-order valence-corrected chi connectivity index (χ3v) is 7.95. The number of aryl methyl sites for hydroxylation is 1. The van der Waals surface area contributed by atoms with E-state index in [0.29, 0.717) is 22.2 Å². The normalized spacial score (nSPS) is 11.9. The predicted molar refractivity (Wildman–Crippen MR) is 145 cm³/mol. The number of methoxy groups -OCH3 is 1. The third kappa shape index (κ3) is 5.66. The second-order valence-corrected chi connectivity index (χ2v) is 10.5. The highest BCUT2D eigenvalue weighted by molar-refractivity contribution is 7.89. The molecule has 0 atom stereocenters. The van der Waals surface area contributed by atoms with Crippen LogP contribution in [0.15, 0.2) is 87.9 Å². The summed E-state index contributed by atoms with van der Waals surface area (Å²) in [5, 5.41) is 13.7. The van der Waals surface area contributed by atoms with E-state index in [9.17, 15) is 8.42 Å². The molecule has 0 aliphatic carbocycles. The molecule has 11 heteroatoms. The monoisotopic (exact) mass is 538 g/mol. The van der Waals surface area contributed by atoms with Crippen LogP contribution in [-0.4, -0.2) is 36.2 Å². The molecule has 2 N–H and O–H groups in total. The molecule has 1 aromatic heterocycles. The van der Waals surface area contributed by atoms with Crippen molar-refractivity contribution >= 4 is 38.8 Å². The van der Waals surface area contributed by atoms with Crippen LogP contribution in [0, 0.1) is 6.92 Å². The maximum Gasteiger partial charge on any atom is 0.245 e. The van der Waals surface area contributed by atoms with Gasteiger partial charge in [-0.25, -0.2) is 13.1 Å². The third-order valence-electron chi connectivity index (χ3n) is 5.73. The zero-order valence-electron chi connectivity index (χ0n) is 20.7. The van der Waals surface area contributed by atoms with Crippen LogP contribution in [0.25, 0.3) is 5.69 Å². The van der Waals surface area contributed by atoms with Crippen LogP contribution in [0.3, 0.4) is 0 Å². The molecule has 4 rings (SSSR count). The van der Waals surface area contributed by atoms with Gasteiger partial charge in [0.2, 0.25) is 10.0 Å². The van der Waals surface area contributed by atoms with Crippen LogP contribution in [0.1, 0.15) is 18.2 Å². The van der Waals surface area contributed by atoms with Crippen LogP contribution < -0.4 is 10.5 Å². The Morgan fingerprint density at radius 1 is 1.05 bits per heavy atom. The van der Waals surface area contributed by atoms with Gasteiger partial charge in [0.15, 0.2) is 11.5 Å². The fourth-order valence-corrected chi connectivity index (χ4v) is 5.42. The molecular weight excluding hydrogens is 512 g/mol. The summed E-state index contributed by atoms with van der Waals surface area (Å²) in [4.78, 5) is -0.000427. The maximum atomic E-state index is 13.7. The molecule has 0 fully saturated rings. The molecule has 9 nitrogen and oxygen atoms in total. The van der Waals surface area contributed by atoms with Gasteiger partial charge in [0.05, 0.1) is 18.5 Å². The smallest absolute Gasteiger partial charge is 0.245 e. The van der Waals surface area contributed by atoms with Crippen LogP contribution in [0.2, 0.25) is 5.02 Å². The van der Waals surface area contributed by atoms with Crippen molar-refractivity contribution in [2.45, 2.75) is 25.3 Å². The molecule has 0 aliphatic heterocycles. The topological polar surface area (TPSA) is 115 Å². The number of para-hydroxylation sites is 1. The van der Waals surface area contributed by atoms with E-state index in [1.54, 1.807) is 48.9 Å². The van der Waals surface area contributed by atoms with Crippen molar-refractivity contribution in [2.75, 3.05) is 19.4 Å². The van der Waals surface area contributed by atoms with Crippen molar-refractivity contribution in [3.05, 3.63) is 89.1 Å². The first kappa shape index (κ1) is 26.3. The molecule has 0 aliphatic rings. The molecule has 0 saturated carbocycles. The van der Waals surface area contributed by atoms with Gasteiger partial charge in [0, 0.05) is 24.2 Å². The van der Waals surface area contributed by atoms with Gasteiger partial charge in [0.1, 0.15) is 16.3 Å². The van der Waals surface area contributed by atoms with Crippen LogP contribution in [0.5, 0.6) is 5.75 Å². The number of halogens is 1. The van der Waals surface area contributed by atoms with E-state index in [-0.39, 0.29) is 29.5 Å². The fourth-order valence-electron chi connectivity index (χ4n) is 3.75.